The first-order chi connectivity index (χ1) is 8.68. The lowest BCUT2D eigenvalue weighted by atomic mass is 9.95. The number of ketones is 1. The van der Waals surface area contributed by atoms with E-state index >= 15 is 0 Å². The van der Waals surface area contributed by atoms with Crippen LogP contribution in [-0.4, -0.2) is 5.78 Å². The summed E-state index contributed by atoms with van der Waals surface area (Å²) in [6.45, 7) is 3.88. The molecule has 0 unspecified atom stereocenters. The molecule has 0 amide bonds. The summed E-state index contributed by atoms with van der Waals surface area (Å²) in [5.41, 5.74) is 4.40. The highest BCUT2D eigenvalue weighted by Gasteiger charge is 2.22. The number of hydrogen-bond donors (Lipinski definition) is 0. The van der Waals surface area contributed by atoms with Crippen molar-refractivity contribution in [2.24, 2.45) is 0 Å². The molecule has 0 saturated heterocycles. The number of benzene rings is 2. The minimum Gasteiger partial charge on any atom is -0.288 e. The van der Waals surface area contributed by atoms with Crippen LogP contribution in [0.4, 0.5) is 0 Å². The molecule has 3 heteroatoms. The molecule has 0 spiro atoms. The molecule has 0 N–H and O–H groups in total. The third kappa shape index (κ3) is 1.48. The molecule has 0 bridgehead atoms. The van der Waals surface area contributed by atoms with Crippen LogP contribution in [0.15, 0.2) is 45.6 Å². The van der Waals surface area contributed by atoms with Crippen LogP contribution >= 0.6 is 0 Å². The van der Waals surface area contributed by atoms with Crippen LogP contribution in [-0.2, 0) is 0 Å². The lowest BCUT2D eigenvalue weighted by molar-refractivity contribution is 0.0575. The first kappa shape index (κ1) is 10.8. The van der Waals surface area contributed by atoms with Crippen molar-refractivity contribution in [2.75, 3.05) is 0 Å². The van der Waals surface area contributed by atoms with Crippen molar-refractivity contribution in [1.29, 1.82) is 0 Å². The van der Waals surface area contributed by atoms with Gasteiger partial charge in [-0.3, -0.25) is 13.9 Å². The van der Waals surface area contributed by atoms with Crippen LogP contribution in [0.1, 0.15) is 27.0 Å². The van der Waals surface area contributed by atoms with Gasteiger partial charge in [0, 0.05) is 5.56 Å². The molecule has 0 aliphatic heterocycles. The fraction of sp³-hybridized carbons (Fsp3) is 0.133. The minimum absolute atomic E-state index is 0.0312. The van der Waals surface area contributed by atoms with Crippen molar-refractivity contribution >= 4 is 16.9 Å². The molecule has 3 rings (SSSR count). The van der Waals surface area contributed by atoms with Gasteiger partial charge in [-0.2, -0.15) is 0 Å². The monoisotopic (exact) mass is 240 g/mol. The van der Waals surface area contributed by atoms with Gasteiger partial charge in [0.25, 0.3) is 0 Å². The molecule has 0 atom stereocenters. The average Bonchev–Trinajstić information content (AvgIpc) is 2.38. The Labute approximate surface area is 104 Å². The van der Waals surface area contributed by atoms with Crippen LogP contribution in [0, 0.1) is 13.8 Å². The summed E-state index contributed by atoms with van der Waals surface area (Å²) in [5.74, 6) is -0.0312. The number of aryl methyl sites for hydroxylation is 1. The van der Waals surface area contributed by atoms with Crippen molar-refractivity contribution in [3.8, 4) is 0 Å². The van der Waals surface area contributed by atoms with Gasteiger partial charge in [-0.1, -0.05) is 30.3 Å². The molecule has 0 radical (unpaired) electrons. The highest BCUT2D eigenvalue weighted by Crippen LogP contribution is 2.30. The summed E-state index contributed by atoms with van der Waals surface area (Å²) in [5, 5.41) is 0. The van der Waals surface area contributed by atoms with E-state index in [1.807, 2.05) is 38.1 Å². The molecule has 1 heterocycles. The molecule has 3 nitrogen and oxygen atoms in total. The molecule has 0 fully saturated rings. The number of carbonyl (C=O) groups is 1. The Morgan fingerprint density at radius 1 is 1.06 bits per heavy atom. The molecule has 0 aliphatic rings. The smallest absolute Gasteiger partial charge is 0.237 e. The number of carbonyl (C=O) groups excluding carboxylic acids is 1. The quantitative estimate of drug-likeness (QED) is 0.504. The summed E-state index contributed by atoms with van der Waals surface area (Å²) in [6.07, 6.45) is 0. The number of rotatable bonds is 2. The van der Waals surface area contributed by atoms with Gasteiger partial charge in [-0.15, -0.1) is 0 Å². The van der Waals surface area contributed by atoms with E-state index in [2.05, 4.69) is 0 Å². The van der Waals surface area contributed by atoms with Crippen molar-refractivity contribution in [1.82, 2.24) is 0 Å². The Morgan fingerprint density at radius 2 is 1.78 bits per heavy atom. The maximum atomic E-state index is 12.5. The Balaban J connectivity index is 2.21. The zero-order valence-corrected chi connectivity index (χ0v) is 10.2. The first-order valence-electron chi connectivity index (χ1n) is 5.77. The van der Waals surface area contributed by atoms with Gasteiger partial charge >= 0.3 is 0 Å². The van der Waals surface area contributed by atoms with Crippen LogP contribution in [0.25, 0.3) is 11.2 Å². The fourth-order valence-corrected chi connectivity index (χ4v) is 2.07. The second kappa shape index (κ2) is 3.88. The van der Waals surface area contributed by atoms with E-state index in [4.69, 9.17) is 9.15 Å². The maximum Gasteiger partial charge on any atom is 0.237 e. The SMILES string of the molecule is Cc1cc2ooc2c(C(=O)c2ccccc2)c1C. The lowest BCUT2D eigenvalue weighted by Gasteiger charge is -2.11. The first-order valence-corrected chi connectivity index (χ1v) is 5.77. The lowest BCUT2D eigenvalue weighted by Crippen LogP contribution is -2.06. The molecular weight excluding hydrogens is 228 g/mol. The van der Waals surface area contributed by atoms with Gasteiger partial charge in [-0.25, -0.2) is 0 Å². The van der Waals surface area contributed by atoms with Gasteiger partial charge < -0.3 is 0 Å². The number of hydrogen-bond acceptors (Lipinski definition) is 3. The summed E-state index contributed by atoms with van der Waals surface area (Å²) in [6, 6.07) is 11.1. The molecule has 0 aliphatic carbocycles. The van der Waals surface area contributed by atoms with Crippen LogP contribution < -0.4 is 0 Å². The predicted octanol–water partition coefficient (Wildman–Crippen LogP) is 3.87. The van der Waals surface area contributed by atoms with E-state index in [0.29, 0.717) is 22.3 Å². The molecule has 3 aromatic rings. The summed E-state index contributed by atoms with van der Waals surface area (Å²) >= 11 is 0. The van der Waals surface area contributed by atoms with Crippen molar-refractivity contribution in [3.63, 3.8) is 0 Å². The topological polar surface area (TPSA) is 43.4 Å². The Morgan fingerprint density at radius 3 is 2.39 bits per heavy atom. The summed E-state index contributed by atoms with van der Waals surface area (Å²) in [4.78, 5) is 12.5. The van der Waals surface area contributed by atoms with Gasteiger partial charge in [0.05, 0.1) is 5.56 Å². The van der Waals surface area contributed by atoms with E-state index in [9.17, 15) is 4.79 Å². The van der Waals surface area contributed by atoms with Crippen molar-refractivity contribution in [2.45, 2.75) is 13.8 Å². The van der Waals surface area contributed by atoms with Crippen molar-refractivity contribution in [3.05, 3.63) is 58.7 Å². The fourth-order valence-electron chi connectivity index (χ4n) is 2.07. The Hall–Kier alpha value is -2.29. The summed E-state index contributed by atoms with van der Waals surface area (Å²) in [7, 11) is 0. The molecular formula is C15H12O3. The van der Waals surface area contributed by atoms with Crippen LogP contribution in [0.5, 0.6) is 0 Å². The highest BCUT2D eigenvalue weighted by molar-refractivity contribution is 6.15. The zero-order chi connectivity index (χ0) is 12.7. The number of fused-ring (bicyclic) bond motifs is 1. The molecule has 0 saturated carbocycles. The largest absolute Gasteiger partial charge is 0.288 e. The van der Waals surface area contributed by atoms with E-state index in [0.717, 1.165) is 11.1 Å². The predicted molar refractivity (Wildman–Crippen MR) is 67.8 cm³/mol. The van der Waals surface area contributed by atoms with E-state index < -0.39 is 0 Å². The average molecular weight is 240 g/mol. The Bertz CT molecular complexity index is 717. The molecule has 1 aromatic heterocycles. The second-order valence-electron chi connectivity index (χ2n) is 4.38. The van der Waals surface area contributed by atoms with Crippen LogP contribution in [0.2, 0.25) is 0 Å². The minimum atomic E-state index is -0.0312. The van der Waals surface area contributed by atoms with Gasteiger partial charge in [0.1, 0.15) is 0 Å². The van der Waals surface area contributed by atoms with Gasteiger partial charge in [0.15, 0.2) is 5.78 Å². The zero-order valence-electron chi connectivity index (χ0n) is 10.2. The van der Waals surface area contributed by atoms with E-state index in [1.54, 1.807) is 12.1 Å². The van der Waals surface area contributed by atoms with Crippen molar-refractivity contribution < 1.29 is 13.9 Å². The summed E-state index contributed by atoms with van der Waals surface area (Å²) < 4.78 is 9.85. The molecule has 2 aromatic carbocycles. The van der Waals surface area contributed by atoms with Gasteiger partial charge in [-0.05, 0) is 31.0 Å². The molecule has 18 heavy (non-hydrogen) atoms. The second-order valence-corrected chi connectivity index (χ2v) is 4.38. The normalized spacial score (nSPS) is 11.0. The van der Waals surface area contributed by atoms with Crippen LogP contribution in [0.3, 0.4) is 0 Å². The molecule has 90 valence electrons. The highest BCUT2D eigenvalue weighted by atomic mass is 17.0. The maximum absolute atomic E-state index is 12.5. The third-order valence-electron chi connectivity index (χ3n) is 3.24. The Kier molecular flexibility index (Phi) is 2.33. The van der Waals surface area contributed by atoms with E-state index in [1.165, 1.54) is 0 Å². The standard InChI is InChI=1S/C15H12O3/c1-9-8-12-15(18-17-12)13(10(9)2)14(16)11-6-4-3-5-7-11/h3-8H,1-2H3. The van der Waals surface area contributed by atoms with E-state index in [-0.39, 0.29) is 5.78 Å². The third-order valence-corrected chi connectivity index (χ3v) is 3.24. The van der Waals surface area contributed by atoms with Gasteiger partial charge in [0.2, 0.25) is 11.2 Å².